The monoisotopic (exact) mass is 401 g/mol. The molecule has 3 aromatic rings. The lowest BCUT2D eigenvalue weighted by Gasteiger charge is -2.15. The minimum atomic E-state index is -0.813. The molecule has 9 heteroatoms. The van der Waals surface area contributed by atoms with Crippen LogP contribution >= 0.6 is 11.3 Å². The van der Waals surface area contributed by atoms with Crippen molar-refractivity contribution in [2.45, 2.75) is 20.0 Å². The van der Waals surface area contributed by atoms with Gasteiger partial charge in [-0.15, -0.1) is 11.3 Å². The maximum Gasteiger partial charge on any atom is 0.289 e. The molecule has 0 aliphatic rings. The summed E-state index contributed by atoms with van der Waals surface area (Å²) in [5.74, 6) is 0.779. The number of carbonyl (C=O) groups is 2. The summed E-state index contributed by atoms with van der Waals surface area (Å²) < 4.78 is 16.1. The van der Waals surface area contributed by atoms with Crippen molar-refractivity contribution in [2.24, 2.45) is 0 Å². The standard InChI is InChI=1S/C19H19N3O5S/c1-3-25-13-6-8-14(9-7-13)27-12(2)17(23)21-22-18(24)15-11-28-19(20-15)16-5-4-10-26-16/h4-12H,3H2,1-2H3,(H,21,23)(H,22,24). The van der Waals surface area contributed by atoms with Crippen LogP contribution in [0.5, 0.6) is 11.5 Å². The van der Waals surface area contributed by atoms with Crippen molar-refractivity contribution in [1.29, 1.82) is 0 Å². The zero-order valence-electron chi connectivity index (χ0n) is 15.3. The second-order valence-corrected chi connectivity index (χ2v) is 6.48. The van der Waals surface area contributed by atoms with Crippen LogP contribution in [0.15, 0.2) is 52.5 Å². The highest BCUT2D eigenvalue weighted by atomic mass is 32.1. The van der Waals surface area contributed by atoms with Crippen LogP contribution < -0.4 is 20.3 Å². The lowest BCUT2D eigenvalue weighted by molar-refractivity contribution is -0.128. The molecule has 0 fully saturated rings. The molecule has 8 nitrogen and oxygen atoms in total. The number of furan rings is 1. The van der Waals surface area contributed by atoms with Gasteiger partial charge in [-0.3, -0.25) is 20.4 Å². The molecule has 0 aliphatic heterocycles. The van der Waals surface area contributed by atoms with Crippen LogP contribution in [0.4, 0.5) is 0 Å². The third-order valence-electron chi connectivity index (χ3n) is 3.58. The number of hydrogen-bond acceptors (Lipinski definition) is 7. The van der Waals surface area contributed by atoms with Gasteiger partial charge in [0.1, 0.15) is 17.2 Å². The highest BCUT2D eigenvalue weighted by molar-refractivity contribution is 7.13. The van der Waals surface area contributed by atoms with Crippen molar-refractivity contribution in [3.63, 3.8) is 0 Å². The fourth-order valence-corrected chi connectivity index (χ4v) is 2.98. The molecule has 2 amide bonds. The number of hydrogen-bond donors (Lipinski definition) is 2. The Kier molecular flexibility index (Phi) is 6.28. The molecular formula is C19H19N3O5S. The zero-order chi connectivity index (χ0) is 19.9. The minimum absolute atomic E-state index is 0.178. The number of amides is 2. The molecule has 1 aromatic carbocycles. The lowest BCUT2D eigenvalue weighted by Crippen LogP contribution is -2.47. The highest BCUT2D eigenvalue weighted by Crippen LogP contribution is 2.23. The van der Waals surface area contributed by atoms with Crippen LogP contribution in [0.2, 0.25) is 0 Å². The topological polar surface area (TPSA) is 103 Å². The molecule has 2 heterocycles. The van der Waals surface area contributed by atoms with E-state index in [4.69, 9.17) is 13.9 Å². The number of aromatic nitrogens is 1. The predicted molar refractivity (Wildman–Crippen MR) is 103 cm³/mol. The van der Waals surface area contributed by atoms with E-state index < -0.39 is 17.9 Å². The number of nitrogens with zero attached hydrogens (tertiary/aromatic N) is 1. The summed E-state index contributed by atoms with van der Waals surface area (Å²) in [7, 11) is 0. The SMILES string of the molecule is CCOc1ccc(OC(C)C(=O)NNC(=O)c2csc(-c3ccco3)n2)cc1. The molecule has 3 rings (SSSR count). The van der Waals surface area contributed by atoms with Crippen LogP contribution in [-0.2, 0) is 4.79 Å². The summed E-state index contributed by atoms with van der Waals surface area (Å²) in [4.78, 5) is 28.5. The molecule has 28 heavy (non-hydrogen) atoms. The Morgan fingerprint density at radius 2 is 1.93 bits per heavy atom. The Bertz CT molecular complexity index is 921. The summed E-state index contributed by atoms with van der Waals surface area (Å²) >= 11 is 1.27. The Hall–Kier alpha value is -3.33. The summed E-state index contributed by atoms with van der Waals surface area (Å²) in [6.45, 7) is 4.05. The van der Waals surface area contributed by atoms with Crippen molar-refractivity contribution >= 4 is 23.2 Å². The fourth-order valence-electron chi connectivity index (χ4n) is 2.21. The summed E-state index contributed by atoms with van der Waals surface area (Å²) in [5.41, 5.74) is 4.83. The first kappa shape index (κ1) is 19.4. The van der Waals surface area contributed by atoms with E-state index in [0.29, 0.717) is 23.1 Å². The van der Waals surface area contributed by atoms with Gasteiger partial charge >= 0.3 is 0 Å². The third kappa shape index (κ3) is 4.89. The molecule has 2 aromatic heterocycles. The Labute approximate surface area is 165 Å². The van der Waals surface area contributed by atoms with Gasteiger partial charge < -0.3 is 13.9 Å². The van der Waals surface area contributed by atoms with Crippen molar-refractivity contribution in [2.75, 3.05) is 6.61 Å². The molecule has 0 bridgehead atoms. The van der Waals surface area contributed by atoms with Crippen LogP contribution in [0.25, 0.3) is 10.8 Å². The van der Waals surface area contributed by atoms with E-state index in [0.717, 1.165) is 5.75 Å². The molecule has 0 aliphatic carbocycles. The summed E-state index contributed by atoms with van der Waals surface area (Å²) in [6, 6.07) is 10.4. The normalized spacial score (nSPS) is 11.5. The highest BCUT2D eigenvalue weighted by Gasteiger charge is 2.18. The smallest absolute Gasteiger partial charge is 0.289 e. The molecule has 146 valence electrons. The van der Waals surface area contributed by atoms with Crippen molar-refractivity contribution < 1.29 is 23.5 Å². The van der Waals surface area contributed by atoms with Crippen LogP contribution in [0, 0.1) is 0 Å². The van der Waals surface area contributed by atoms with E-state index in [1.807, 2.05) is 6.92 Å². The van der Waals surface area contributed by atoms with Crippen molar-refractivity contribution in [3.8, 4) is 22.3 Å². The van der Waals surface area contributed by atoms with E-state index in [1.54, 1.807) is 48.7 Å². The zero-order valence-corrected chi connectivity index (χ0v) is 16.1. The number of nitrogens with one attached hydrogen (secondary N) is 2. The fraction of sp³-hybridized carbons (Fsp3) is 0.211. The summed E-state index contributed by atoms with van der Waals surface area (Å²) in [6.07, 6.45) is 0.718. The number of hydrazine groups is 1. The van der Waals surface area contributed by atoms with Crippen LogP contribution in [0.3, 0.4) is 0 Å². The van der Waals surface area contributed by atoms with Crippen molar-refractivity contribution in [1.82, 2.24) is 15.8 Å². The van der Waals surface area contributed by atoms with Gasteiger partial charge in [-0.2, -0.15) is 0 Å². The van der Waals surface area contributed by atoms with E-state index in [2.05, 4.69) is 15.8 Å². The lowest BCUT2D eigenvalue weighted by atomic mass is 10.3. The molecule has 0 radical (unpaired) electrons. The van der Waals surface area contributed by atoms with E-state index in [1.165, 1.54) is 17.6 Å². The maximum absolute atomic E-state index is 12.1. The third-order valence-corrected chi connectivity index (χ3v) is 4.44. The first-order valence-electron chi connectivity index (χ1n) is 8.56. The van der Waals surface area contributed by atoms with E-state index in [9.17, 15) is 9.59 Å². The number of benzene rings is 1. The molecular weight excluding hydrogens is 382 g/mol. The van der Waals surface area contributed by atoms with Gasteiger partial charge in [0.25, 0.3) is 11.8 Å². The predicted octanol–water partition coefficient (Wildman–Crippen LogP) is 3.03. The largest absolute Gasteiger partial charge is 0.494 e. The first-order chi connectivity index (χ1) is 13.6. The number of thiazole rings is 1. The molecule has 0 spiro atoms. The molecule has 0 saturated heterocycles. The van der Waals surface area contributed by atoms with E-state index in [-0.39, 0.29) is 5.69 Å². The average molecular weight is 401 g/mol. The quantitative estimate of drug-likeness (QED) is 0.590. The van der Waals surface area contributed by atoms with Crippen LogP contribution in [0.1, 0.15) is 24.3 Å². The molecule has 0 saturated carbocycles. The number of carbonyl (C=O) groups excluding carboxylic acids is 2. The Morgan fingerprint density at radius 1 is 1.18 bits per heavy atom. The van der Waals surface area contributed by atoms with Gasteiger partial charge in [0, 0.05) is 5.38 Å². The summed E-state index contributed by atoms with van der Waals surface area (Å²) in [5, 5.41) is 2.16. The Morgan fingerprint density at radius 3 is 2.61 bits per heavy atom. The number of ether oxygens (including phenoxy) is 2. The van der Waals surface area contributed by atoms with Gasteiger partial charge in [-0.25, -0.2) is 4.98 Å². The van der Waals surface area contributed by atoms with Gasteiger partial charge in [0.05, 0.1) is 12.9 Å². The first-order valence-corrected chi connectivity index (χ1v) is 9.44. The van der Waals surface area contributed by atoms with Crippen LogP contribution in [-0.4, -0.2) is 29.5 Å². The second-order valence-electron chi connectivity index (χ2n) is 5.62. The minimum Gasteiger partial charge on any atom is -0.494 e. The molecule has 2 N–H and O–H groups in total. The van der Waals surface area contributed by atoms with Gasteiger partial charge in [-0.1, -0.05) is 0 Å². The second kappa shape index (κ2) is 9.05. The molecule has 1 atom stereocenters. The number of rotatable bonds is 7. The Balaban J connectivity index is 1.49. The molecule has 1 unspecified atom stereocenters. The van der Waals surface area contributed by atoms with Gasteiger partial charge in [-0.05, 0) is 50.2 Å². The maximum atomic E-state index is 12.1. The van der Waals surface area contributed by atoms with E-state index >= 15 is 0 Å². The average Bonchev–Trinajstić information content (AvgIpc) is 3.39. The van der Waals surface area contributed by atoms with Gasteiger partial charge in [0.2, 0.25) is 0 Å². The van der Waals surface area contributed by atoms with Crippen molar-refractivity contribution in [3.05, 3.63) is 53.7 Å². The van der Waals surface area contributed by atoms with Gasteiger partial charge in [0.15, 0.2) is 16.9 Å².